The van der Waals surface area contributed by atoms with Gasteiger partial charge < -0.3 is 14.6 Å². The predicted molar refractivity (Wildman–Crippen MR) is 116 cm³/mol. The molecule has 4 nitrogen and oxygen atoms in total. The molecule has 2 rings (SSSR count). The predicted octanol–water partition coefficient (Wildman–Crippen LogP) is 6.05. The third kappa shape index (κ3) is 6.32. The van der Waals surface area contributed by atoms with Crippen LogP contribution in [0.1, 0.15) is 53.4 Å². The highest BCUT2D eigenvalue weighted by Gasteiger charge is 2.22. The number of nitrogens with zero attached hydrogens (tertiary/aromatic N) is 1. The van der Waals surface area contributed by atoms with Crippen LogP contribution in [0.3, 0.4) is 0 Å². The van der Waals surface area contributed by atoms with E-state index in [1.165, 1.54) is 0 Å². The molecule has 0 bridgehead atoms. The molecule has 1 aliphatic heterocycles. The topological polar surface area (TPSA) is 51.1 Å². The Kier molecular flexibility index (Phi) is 8.46. The van der Waals surface area contributed by atoms with E-state index in [1.807, 2.05) is 19.9 Å². The summed E-state index contributed by atoms with van der Waals surface area (Å²) in [5.74, 6) is 0.531. The number of aliphatic hydroxyl groups excluding tert-OH is 1. The summed E-state index contributed by atoms with van der Waals surface area (Å²) >= 11 is 0. The summed E-state index contributed by atoms with van der Waals surface area (Å²) < 4.78 is 11.8. The van der Waals surface area contributed by atoms with E-state index in [4.69, 9.17) is 14.5 Å². The van der Waals surface area contributed by atoms with Crippen molar-refractivity contribution in [3.8, 4) is 0 Å². The molecule has 154 valence electrons. The summed E-state index contributed by atoms with van der Waals surface area (Å²) in [6.45, 7) is 17.5. The average Bonchev–Trinajstić information content (AvgIpc) is 2.78. The van der Waals surface area contributed by atoms with Gasteiger partial charge in [0.1, 0.15) is 0 Å². The summed E-state index contributed by atoms with van der Waals surface area (Å²) in [5.41, 5.74) is 4.91. The quantitative estimate of drug-likeness (QED) is 0.429. The van der Waals surface area contributed by atoms with Gasteiger partial charge in [0, 0.05) is 18.7 Å². The lowest BCUT2D eigenvalue weighted by molar-refractivity contribution is -0.157. The number of ether oxygens (including phenoxy) is 2. The molecule has 2 unspecified atom stereocenters. The number of aliphatic hydroxyl groups is 1. The van der Waals surface area contributed by atoms with E-state index < -0.39 is 0 Å². The maximum Gasteiger partial charge on any atom is 0.158 e. The van der Waals surface area contributed by atoms with Crippen LogP contribution >= 0.6 is 0 Å². The second kappa shape index (κ2) is 10.6. The van der Waals surface area contributed by atoms with E-state index in [0.717, 1.165) is 53.9 Å². The van der Waals surface area contributed by atoms with Crippen molar-refractivity contribution in [2.45, 2.75) is 59.7 Å². The van der Waals surface area contributed by atoms with Crippen LogP contribution in [0.5, 0.6) is 0 Å². The van der Waals surface area contributed by atoms with Crippen molar-refractivity contribution < 1.29 is 14.6 Å². The van der Waals surface area contributed by atoms with E-state index in [1.54, 1.807) is 12.3 Å². The fraction of sp³-hybridized carbons (Fsp3) is 0.542. The van der Waals surface area contributed by atoms with Gasteiger partial charge in [0.2, 0.25) is 0 Å². The molecule has 0 aromatic carbocycles. The van der Waals surface area contributed by atoms with Crippen LogP contribution in [-0.2, 0) is 9.47 Å². The molecule has 0 aromatic rings. The second-order valence-electron chi connectivity index (χ2n) is 8.08. The molecule has 1 heterocycles. The van der Waals surface area contributed by atoms with Gasteiger partial charge in [0.15, 0.2) is 6.29 Å². The van der Waals surface area contributed by atoms with E-state index in [2.05, 4.69) is 27.0 Å². The Balaban J connectivity index is 2.38. The fourth-order valence-corrected chi connectivity index (χ4v) is 3.24. The molecule has 1 N–H and O–H groups in total. The smallest absolute Gasteiger partial charge is 0.158 e. The van der Waals surface area contributed by atoms with Gasteiger partial charge >= 0.3 is 0 Å². The zero-order valence-electron chi connectivity index (χ0n) is 17.8. The number of hydrogen-bond donors (Lipinski definition) is 1. The van der Waals surface area contributed by atoms with E-state index >= 15 is 0 Å². The van der Waals surface area contributed by atoms with E-state index in [9.17, 15) is 5.11 Å². The van der Waals surface area contributed by atoms with Crippen molar-refractivity contribution in [1.82, 2.24) is 0 Å². The largest absolute Gasteiger partial charge is 0.512 e. The number of aliphatic imine (C=N–C) groups is 1. The van der Waals surface area contributed by atoms with Gasteiger partial charge in [0.05, 0.1) is 18.1 Å². The van der Waals surface area contributed by atoms with Gasteiger partial charge in [-0.2, -0.15) is 0 Å². The summed E-state index contributed by atoms with van der Waals surface area (Å²) in [5, 5.41) is 10.2. The zero-order chi connectivity index (χ0) is 20.7. The number of rotatable bonds is 7. The number of allylic oxidation sites excluding steroid dienone is 5. The molecule has 0 aromatic heterocycles. The molecule has 1 aliphatic carbocycles. The van der Waals surface area contributed by atoms with Crippen molar-refractivity contribution >= 4 is 6.21 Å². The summed E-state index contributed by atoms with van der Waals surface area (Å²) in [6, 6.07) is 0. The Hall–Kier alpha value is -1.91. The Morgan fingerprint density at radius 3 is 2.75 bits per heavy atom. The molecule has 0 saturated carbocycles. The standard InChI is InChI=1S/C24H35NO3/c1-16(2)14-25-24(20-10-11-22(26)19(6)18(5)13-20)21(17(3)4)15-28-23-9-7-8-12-27-23/h10-11,14,17,19,23,26H,1,5,7-9,12-13,15H2,2-4,6H3/b24-21-,25-14-. The van der Waals surface area contributed by atoms with Crippen LogP contribution in [0.2, 0.25) is 0 Å². The first-order chi connectivity index (χ1) is 13.3. The SMILES string of the molecule is C=C(C)/C=N\C(C1=CC=C(O)C(C)C(=C)C1)=C(\COC1CCCCO1)C(C)C. The monoisotopic (exact) mass is 385 g/mol. The van der Waals surface area contributed by atoms with E-state index in [-0.39, 0.29) is 18.1 Å². The minimum Gasteiger partial charge on any atom is -0.512 e. The molecule has 4 heteroatoms. The van der Waals surface area contributed by atoms with Crippen molar-refractivity contribution in [1.29, 1.82) is 0 Å². The Labute approximate surface area is 170 Å². The van der Waals surface area contributed by atoms with Crippen LogP contribution < -0.4 is 0 Å². The summed E-state index contributed by atoms with van der Waals surface area (Å²) in [7, 11) is 0. The molecule has 0 amide bonds. The van der Waals surface area contributed by atoms with Crippen molar-refractivity contribution in [2.24, 2.45) is 16.8 Å². The lowest BCUT2D eigenvalue weighted by atomic mass is 9.92. The molecule has 28 heavy (non-hydrogen) atoms. The molecule has 2 atom stereocenters. The van der Waals surface area contributed by atoms with Crippen LogP contribution in [0, 0.1) is 11.8 Å². The first kappa shape index (κ1) is 22.4. The first-order valence-corrected chi connectivity index (χ1v) is 10.2. The Morgan fingerprint density at radius 2 is 2.14 bits per heavy atom. The van der Waals surface area contributed by atoms with Crippen LogP contribution in [0.15, 0.2) is 64.1 Å². The highest BCUT2D eigenvalue weighted by molar-refractivity contribution is 5.78. The average molecular weight is 386 g/mol. The lowest BCUT2D eigenvalue weighted by Gasteiger charge is -2.25. The Bertz CT molecular complexity index is 703. The molecule has 0 radical (unpaired) electrons. The third-order valence-electron chi connectivity index (χ3n) is 5.21. The van der Waals surface area contributed by atoms with Gasteiger partial charge in [-0.3, -0.25) is 4.99 Å². The Morgan fingerprint density at radius 1 is 1.39 bits per heavy atom. The summed E-state index contributed by atoms with van der Waals surface area (Å²) in [4.78, 5) is 4.77. The zero-order valence-corrected chi connectivity index (χ0v) is 17.8. The van der Waals surface area contributed by atoms with Gasteiger partial charge in [-0.25, -0.2) is 0 Å². The normalized spacial score (nSPS) is 24.7. The fourth-order valence-electron chi connectivity index (χ4n) is 3.24. The van der Waals surface area contributed by atoms with Crippen molar-refractivity contribution in [3.05, 3.63) is 59.1 Å². The minimum absolute atomic E-state index is 0.0606. The molecule has 1 saturated heterocycles. The molecule has 0 spiro atoms. The van der Waals surface area contributed by atoms with Gasteiger partial charge in [-0.05, 0) is 61.3 Å². The van der Waals surface area contributed by atoms with Crippen molar-refractivity contribution in [3.63, 3.8) is 0 Å². The maximum absolute atomic E-state index is 10.2. The minimum atomic E-state index is -0.143. The van der Waals surface area contributed by atoms with Gasteiger partial charge in [-0.15, -0.1) is 0 Å². The third-order valence-corrected chi connectivity index (χ3v) is 5.21. The lowest BCUT2D eigenvalue weighted by Crippen LogP contribution is -2.24. The number of hydrogen-bond acceptors (Lipinski definition) is 4. The van der Waals surface area contributed by atoms with Gasteiger partial charge in [-0.1, -0.05) is 45.6 Å². The maximum atomic E-state index is 10.2. The van der Waals surface area contributed by atoms with Crippen LogP contribution in [-0.4, -0.2) is 30.8 Å². The molecular weight excluding hydrogens is 350 g/mol. The first-order valence-electron chi connectivity index (χ1n) is 10.2. The molecule has 1 fully saturated rings. The van der Waals surface area contributed by atoms with Gasteiger partial charge in [0.25, 0.3) is 0 Å². The molecular formula is C24H35NO3. The van der Waals surface area contributed by atoms with E-state index in [0.29, 0.717) is 18.8 Å². The highest BCUT2D eigenvalue weighted by Crippen LogP contribution is 2.33. The molecule has 2 aliphatic rings. The van der Waals surface area contributed by atoms with Crippen molar-refractivity contribution in [2.75, 3.05) is 13.2 Å². The van der Waals surface area contributed by atoms with Crippen LogP contribution in [0.4, 0.5) is 0 Å². The highest BCUT2D eigenvalue weighted by atomic mass is 16.7. The summed E-state index contributed by atoms with van der Waals surface area (Å²) in [6.07, 6.45) is 9.20. The second-order valence-corrected chi connectivity index (χ2v) is 8.08. The van der Waals surface area contributed by atoms with Crippen LogP contribution in [0.25, 0.3) is 0 Å².